The normalized spacial score (nSPS) is 23.0. The minimum atomic E-state index is -0.157. The fourth-order valence-electron chi connectivity index (χ4n) is 2.61. The molecular weight excluding hydrogens is 270 g/mol. The first-order valence-corrected chi connectivity index (χ1v) is 7.55. The second-order valence-electron chi connectivity index (χ2n) is 5.56. The Labute approximate surface area is 125 Å². The van der Waals surface area contributed by atoms with E-state index in [9.17, 15) is 4.79 Å². The van der Waals surface area contributed by atoms with Crippen LogP contribution < -0.4 is 10.6 Å². The summed E-state index contributed by atoms with van der Waals surface area (Å²) >= 11 is 0. The second-order valence-corrected chi connectivity index (χ2v) is 5.56. The van der Waals surface area contributed by atoms with Crippen LogP contribution in [0.5, 0.6) is 0 Å². The monoisotopic (exact) mass is 295 g/mol. The Morgan fingerprint density at radius 1 is 1.33 bits per heavy atom. The van der Waals surface area contributed by atoms with Crippen LogP contribution in [0.3, 0.4) is 0 Å². The Morgan fingerprint density at radius 3 is 2.76 bits per heavy atom. The van der Waals surface area contributed by atoms with E-state index in [1.165, 1.54) is 0 Å². The maximum atomic E-state index is 11.6. The van der Waals surface area contributed by atoms with Gasteiger partial charge in [0.05, 0.1) is 25.0 Å². The molecule has 2 amide bonds. The largest absolute Gasteiger partial charge is 0.467 e. The molecule has 1 fully saturated rings. The third kappa shape index (κ3) is 5.77. The van der Waals surface area contributed by atoms with Crippen LogP contribution in [0.1, 0.15) is 26.0 Å². The number of furan rings is 1. The first-order valence-electron chi connectivity index (χ1n) is 7.55. The summed E-state index contributed by atoms with van der Waals surface area (Å²) in [5, 5.41) is 5.62. The van der Waals surface area contributed by atoms with Crippen molar-refractivity contribution in [2.24, 2.45) is 0 Å². The third-order valence-corrected chi connectivity index (χ3v) is 3.44. The first-order chi connectivity index (χ1) is 10.1. The van der Waals surface area contributed by atoms with E-state index in [0.717, 1.165) is 31.8 Å². The number of nitrogens with one attached hydrogen (secondary N) is 2. The van der Waals surface area contributed by atoms with Crippen LogP contribution in [-0.2, 0) is 11.3 Å². The molecule has 1 aliphatic rings. The third-order valence-electron chi connectivity index (χ3n) is 3.44. The smallest absolute Gasteiger partial charge is 0.315 e. The maximum absolute atomic E-state index is 11.6. The molecule has 2 rings (SSSR count). The van der Waals surface area contributed by atoms with Crippen molar-refractivity contribution < 1.29 is 13.9 Å². The molecule has 1 aromatic heterocycles. The lowest BCUT2D eigenvalue weighted by Crippen LogP contribution is -2.46. The standard InChI is InChI=1S/C15H25N3O3/c1-12-10-18(11-13(2)21-12)7-4-6-16-15(19)17-9-14-5-3-8-20-14/h3,5,8,12-13H,4,6-7,9-11H2,1-2H3,(H2,16,17,19)/t12-,13-/m0/s1. The molecule has 2 N–H and O–H groups in total. The van der Waals surface area contributed by atoms with Crippen LogP contribution in [-0.4, -0.2) is 49.3 Å². The summed E-state index contributed by atoms with van der Waals surface area (Å²) in [6, 6.07) is 3.48. The van der Waals surface area contributed by atoms with Crippen LogP contribution in [0, 0.1) is 0 Å². The zero-order chi connectivity index (χ0) is 15.1. The molecule has 118 valence electrons. The van der Waals surface area contributed by atoms with E-state index in [1.807, 2.05) is 6.07 Å². The number of amides is 2. The molecule has 21 heavy (non-hydrogen) atoms. The number of carbonyl (C=O) groups excluding carboxylic acids is 1. The molecule has 0 unspecified atom stereocenters. The Morgan fingerprint density at radius 2 is 2.10 bits per heavy atom. The van der Waals surface area contributed by atoms with Crippen molar-refractivity contribution in [1.29, 1.82) is 0 Å². The Balaban J connectivity index is 1.53. The van der Waals surface area contributed by atoms with E-state index in [-0.39, 0.29) is 6.03 Å². The molecule has 0 radical (unpaired) electrons. The maximum Gasteiger partial charge on any atom is 0.315 e. The van der Waals surface area contributed by atoms with Gasteiger partial charge in [0.15, 0.2) is 0 Å². The lowest BCUT2D eigenvalue weighted by molar-refractivity contribution is -0.0679. The predicted octanol–water partition coefficient (Wildman–Crippen LogP) is 1.58. The molecule has 1 aromatic rings. The zero-order valence-electron chi connectivity index (χ0n) is 12.8. The highest BCUT2D eigenvalue weighted by Gasteiger charge is 2.21. The average molecular weight is 295 g/mol. The van der Waals surface area contributed by atoms with Gasteiger partial charge in [0.2, 0.25) is 0 Å². The Hall–Kier alpha value is -1.53. The molecule has 0 spiro atoms. The lowest BCUT2D eigenvalue weighted by Gasteiger charge is -2.35. The van der Waals surface area contributed by atoms with Crippen LogP contribution in [0.4, 0.5) is 4.79 Å². The van der Waals surface area contributed by atoms with Crippen LogP contribution >= 0.6 is 0 Å². The molecule has 1 aliphatic heterocycles. The molecule has 2 heterocycles. The van der Waals surface area contributed by atoms with E-state index < -0.39 is 0 Å². The summed E-state index contributed by atoms with van der Waals surface area (Å²) in [6.07, 6.45) is 3.11. The number of ether oxygens (including phenoxy) is 1. The number of hydrogen-bond donors (Lipinski definition) is 2. The molecule has 6 nitrogen and oxygen atoms in total. The van der Waals surface area contributed by atoms with Crippen LogP contribution in [0.15, 0.2) is 22.8 Å². The van der Waals surface area contributed by atoms with E-state index in [1.54, 1.807) is 12.3 Å². The van der Waals surface area contributed by atoms with Gasteiger partial charge in [0, 0.05) is 26.2 Å². The number of hydrogen-bond acceptors (Lipinski definition) is 4. The van der Waals surface area contributed by atoms with Crippen molar-refractivity contribution in [3.63, 3.8) is 0 Å². The van der Waals surface area contributed by atoms with Crippen molar-refractivity contribution in [2.45, 2.75) is 39.0 Å². The van der Waals surface area contributed by atoms with E-state index in [4.69, 9.17) is 9.15 Å². The summed E-state index contributed by atoms with van der Waals surface area (Å²) in [7, 11) is 0. The molecule has 1 saturated heterocycles. The molecule has 2 atom stereocenters. The molecule has 0 aromatic carbocycles. The number of rotatable bonds is 6. The molecule has 0 bridgehead atoms. The lowest BCUT2D eigenvalue weighted by atomic mass is 10.2. The van der Waals surface area contributed by atoms with Crippen LogP contribution in [0.25, 0.3) is 0 Å². The minimum Gasteiger partial charge on any atom is -0.467 e. The quantitative estimate of drug-likeness (QED) is 0.782. The topological polar surface area (TPSA) is 66.7 Å². The van der Waals surface area contributed by atoms with Gasteiger partial charge in [-0.2, -0.15) is 0 Å². The van der Waals surface area contributed by atoms with E-state index in [0.29, 0.717) is 25.3 Å². The summed E-state index contributed by atoms with van der Waals surface area (Å²) in [5.74, 6) is 0.751. The molecule has 6 heteroatoms. The molecular formula is C15H25N3O3. The number of urea groups is 1. The van der Waals surface area contributed by atoms with Crippen molar-refractivity contribution >= 4 is 6.03 Å². The van der Waals surface area contributed by atoms with Crippen molar-refractivity contribution in [1.82, 2.24) is 15.5 Å². The summed E-state index contributed by atoms with van der Waals surface area (Å²) in [5.41, 5.74) is 0. The van der Waals surface area contributed by atoms with Gasteiger partial charge in [-0.05, 0) is 32.4 Å². The number of nitrogens with zero attached hydrogens (tertiary/aromatic N) is 1. The Bertz CT molecular complexity index is 412. The summed E-state index contributed by atoms with van der Waals surface area (Å²) < 4.78 is 10.8. The number of carbonyl (C=O) groups is 1. The zero-order valence-corrected chi connectivity index (χ0v) is 12.8. The number of morpholine rings is 1. The highest BCUT2D eigenvalue weighted by molar-refractivity contribution is 5.73. The molecule has 0 aliphatic carbocycles. The van der Waals surface area contributed by atoms with Gasteiger partial charge in [-0.25, -0.2) is 4.79 Å². The Kier molecular flexibility index (Phi) is 6.07. The van der Waals surface area contributed by atoms with E-state index >= 15 is 0 Å². The predicted molar refractivity (Wildman–Crippen MR) is 80.0 cm³/mol. The summed E-state index contributed by atoms with van der Waals surface area (Å²) in [6.45, 7) is 8.20. The second kappa shape index (κ2) is 8.05. The molecule has 0 saturated carbocycles. The van der Waals surface area contributed by atoms with Gasteiger partial charge in [0.25, 0.3) is 0 Å². The average Bonchev–Trinajstić information content (AvgIpc) is 2.93. The van der Waals surface area contributed by atoms with E-state index in [2.05, 4.69) is 29.4 Å². The van der Waals surface area contributed by atoms with Gasteiger partial charge < -0.3 is 19.8 Å². The van der Waals surface area contributed by atoms with Gasteiger partial charge in [-0.1, -0.05) is 0 Å². The van der Waals surface area contributed by atoms with Gasteiger partial charge in [0.1, 0.15) is 5.76 Å². The van der Waals surface area contributed by atoms with Crippen molar-refractivity contribution in [3.05, 3.63) is 24.2 Å². The fourth-order valence-corrected chi connectivity index (χ4v) is 2.61. The van der Waals surface area contributed by atoms with Gasteiger partial charge >= 0.3 is 6.03 Å². The highest BCUT2D eigenvalue weighted by atomic mass is 16.5. The first kappa shape index (κ1) is 15.9. The van der Waals surface area contributed by atoms with Crippen LogP contribution in [0.2, 0.25) is 0 Å². The van der Waals surface area contributed by atoms with Gasteiger partial charge in [-0.15, -0.1) is 0 Å². The minimum absolute atomic E-state index is 0.157. The van der Waals surface area contributed by atoms with Crippen molar-refractivity contribution in [2.75, 3.05) is 26.2 Å². The van der Waals surface area contributed by atoms with Crippen molar-refractivity contribution in [3.8, 4) is 0 Å². The SMILES string of the molecule is C[C@H]1CN(CCCNC(=O)NCc2ccco2)C[C@H](C)O1. The fraction of sp³-hybridized carbons (Fsp3) is 0.667. The highest BCUT2D eigenvalue weighted by Crippen LogP contribution is 2.10. The van der Waals surface area contributed by atoms with Gasteiger partial charge in [-0.3, -0.25) is 4.90 Å². The summed E-state index contributed by atoms with van der Waals surface area (Å²) in [4.78, 5) is 14.0.